The van der Waals surface area contributed by atoms with E-state index in [1.807, 2.05) is 18.2 Å². The summed E-state index contributed by atoms with van der Waals surface area (Å²) >= 11 is 0. The van der Waals surface area contributed by atoms with Crippen LogP contribution < -0.4 is 10.0 Å². The van der Waals surface area contributed by atoms with Crippen LogP contribution in [0.1, 0.15) is 17.5 Å². The van der Waals surface area contributed by atoms with E-state index in [4.69, 9.17) is 0 Å². The Bertz CT molecular complexity index is 1030. The highest BCUT2D eigenvalue weighted by molar-refractivity contribution is 7.89. The van der Waals surface area contributed by atoms with Crippen LogP contribution in [0.4, 0.5) is 0 Å². The summed E-state index contributed by atoms with van der Waals surface area (Å²) in [7, 11) is -2.08. The molecule has 0 saturated heterocycles. The molecule has 2 heterocycles. The van der Waals surface area contributed by atoms with Crippen LogP contribution in [0.15, 0.2) is 66.0 Å². The smallest absolute Gasteiger partial charge is 0.240 e. The van der Waals surface area contributed by atoms with Gasteiger partial charge in [-0.15, -0.1) is 0 Å². The number of carbonyl (C=O) groups is 1. The molecule has 0 aliphatic heterocycles. The molecule has 1 aromatic carbocycles. The molecule has 3 rings (SSSR count). The van der Waals surface area contributed by atoms with E-state index in [-0.39, 0.29) is 10.8 Å². The predicted octanol–water partition coefficient (Wildman–Crippen LogP) is 1.42. The van der Waals surface area contributed by atoms with E-state index in [1.165, 1.54) is 19.2 Å². The number of amides is 1. The number of sulfonamides is 1. The number of benzene rings is 1. The van der Waals surface area contributed by atoms with E-state index in [0.29, 0.717) is 25.2 Å². The lowest BCUT2D eigenvalue weighted by atomic mass is 10.1. The maximum atomic E-state index is 12.2. The molecule has 2 aromatic heterocycles. The Balaban J connectivity index is 1.55. The van der Waals surface area contributed by atoms with Gasteiger partial charge in [-0.1, -0.05) is 18.2 Å². The first kappa shape index (κ1) is 19.7. The molecule has 28 heavy (non-hydrogen) atoms. The summed E-state index contributed by atoms with van der Waals surface area (Å²) in [5.41, 5.74) is 1.75. The molecule has 0 spiro atoms. The van der Waals surface area contributed by atoms with Crippen LogP contribution in [-0.4, -0.2) is 36.1 Å². The Hall–Kier alpha value is -3.04. The fourth-order valence-corrected chi connectivity index (χ4v) is 3.39. The highest BCUT2D eigenvalue weighted by Crippen LogP contribution is 2.12. The molecule has 0 aliphatic rings. The van der Waals surface area contributed by atoms with Crippen molar-refractivity contribution < 1.29 is 13.2 Å². The first-order chi connectivity index (χ1) is 13.5. The van der Waals surface area contributed by atoms with Crippen LogP contribution in [0, 0.1) is 0 Å². The number of hydrogen-bond acceptors (Lipinski definition) is 5. The van der Waals surface area contributed by atoms with Crippen LogP contribution in [0.2, 0.25) is 0 Å². The number of nitrogens with zero attached hydrogens (tertiary/aromatic N) is 3. The third-order valence-corrected chi connectivity index (χ3v) is 5.64. The summed E-state index contributed by atoms with van der Waals surface area (Å²) in [6.07, 6.45) is 5.97. The molecule has 0 saturated carbocycles. The molecule has 9 heteroatoms. The average Bonchev–Trinajstić information content (AvgIpc) is 3.26. The third kappa shape index (κ3) is 4.81. The van der Waals surface area contributed by atoms with Gasteiger partial charge in [-0.25, -0.2) is 22.8 Å². The van der Waals surface area contributed by atoms with E-state index < -0.39 is 10.0 Å². The molecule has 2 N–H and O–H groups in total. The first-order valence-electron chi connectivity index (χ1n) is 8.73. The molecule has 0 bridgehead atoms. The van der Waals surface area contributed by atoms with Crippen molar-refractivity contribution in [3.63, 3.8) is 0 Å². The van der Waals surface area contributed by atoms with Gasteiger partial charge in [0.1, 0.15) is 0 Å². The first-order valence-corrected chi connectivity index (χ1v) is 10.2. The molecule has 0 radical (unpaired) electrons. The monoisotopic (exact) mass is 399 g/mol. The van der Waals surface area contributed by atoms with Gasteiger partial charge in [0.05, 0.1) is 4.90 Å². The summed E-state index contributed by atoms with van der Waals surface area (Å²) in [5.74, 6) is 0.580. The minimum Gasteiger partial charge on any atom is -0.352 e. The predicted molar refractivity (Wildman–Crippen MR) is 104 cm³/mol. The molecule has 0 atom stereocenters. The summed E-state index contributed by atoms with van der Waals surface area (Å²) in [6.45, 7) is 0.348. The van der Waals surface area contributed by atoms with Crippen LogP contribution in [0.5, 0.6) is 0 Å². The molecule has 0 aliphatic carbocycles. The molecule has 0 unspecified atom stereocenters. The Morgan fingerprint density at radius 2 is 1.89 bits per heavy atom. The van der Waals surface area contributed by atoms with Gasteiger partial charge in [0.25, 0.3) is 0 Å². The fraction of sp³-hybridized carbons (Fsp3) is 0.211. The Labute approximate surface area is 163 Å². The minimum absolute atomic E-state index is 0.0952. The average molecular weight is 399 g/mol. The van der Waals surface area contributed by atoms with Crippen LogP contribution in [-0.2, 0) is 27.8 Å². The van der Waals surface area contributed by atoms with E-state index in [0.717, 1.165) is 11.1 Å². The van der Waals surface area contributed by atoms with Gasteiger partial charge < -0.3 is 5.32 Å². The second kappa shape index (κ2) is 8.77. The van der Waals surface area contributed by atoms with Gasteiger partial charge in [-0.05, 0) is 43.3 Å². The summed E-state index contributed by atoms with van der Waals surface area (Å²) in [4.78, 5) is 16.7. The van der Waals surface area contributed by atoms with Crippen molar-refractivity contribution in [1.82, 2.24) is 24.8 Å². The quantitative estimate of drug-likeness (QED) is 0.596. The Morgan fingerprint density at radius 1 is 1.11 bits per heavy atom. The maximum absolute atomic E-state index is 12.2. The zero-order valence-electron chi connectivity index (χ0n) is 15.4. The van der Waals surface area contributed by atoms with Crippen molar-refractivity contribution >= 4 is 15.9 Å². The molecule has 0 fully saturated rings. The normalized spacial score (nSPS) is 11.3. The van der Waals surface area contributed by atoms with E-state index in [2.05, 4.69) is 20.1 Å². The zero-order chi connectivity index (χ0) is 20.0. The lowest BCUT2D eigenvalue weighted by Crippen LogP contribution is -2.24. The number of rotatable bonds is 8. The van der Waals surface area contributed by atoms with Crippen molar-refractivity contribution in [2.45, 2.75) is 24.3 Å². The van der Waals surface area contributed by atoms with Crippen molar-refractivity contribution in [2.75, 3.05) is 7.05 Å². The highest BCUT2D eigenvalue weighted by atomic mass is 32.2. The minimum atomic E-state index is -3.45. The number of aryl methyl sites for hydroxylation is 1. The maximum Gasteiger partial charge on any atom is 0.240 e. The van der Waals surface area contributed by atoms with Crippen LogP contribution >= 0.6 is 0 Å². The summed E-state index contributed by atoms with van der Waals surface area (Å²) < 4.78 is 27.4. The van der Waals surface area contributed by atoms with E-state index >= 15 is 0 Å². The topological polar surface area (TPSA) is 106 Å². The second-order valence-electron chi connectivity index (χ2n) is 6.07. The molecule has 146 valence electrons. The fourth-order valence-electron chi connectivity index (χ4n) is 2.66. The largest absolute Gasteiger partial charge is 0.352 e. The van der Waals surface area contributed by atoms with Crippen molar-refractivity contribution in [3.8, 4) is 5.82 Å². The van der Waals surface area contributed by atoms with E-state index in [9.17, 15) is 13.2 Å². The lowest BCUT2D eigenvalue weighted by Gasteiger charge is -2.10. The standard InChI is InChI=1S/C19H21N5O3S/c1-20-28(26,27)17-8-5-15(6-9-17)7-10-18(25)22-14-16-4-2-11-21-19(16)24-13-3-12-23-24/h2-6,8-9,11-13,20H,7,10,14H2,1H3,(H,22,25). The van der Waals surface area contributed by atoms with Crippen LogP contribution in [0.3, 0.4) is 0 Å². The summed E-state index contributed by atoms with van der Waals surface area (Å²) in [6, 6.07) is 12.0. The van der Waals surface area contributed by atoms with Gasteiger partial charge in [0.15, 0.2) is 5.82 Å². The molecule has 3 aromatic rings. The van der Waals surface area contributed by atoms with Crippen molar-refractivity contribution in [2.24, 2.45) is 0 Å². The zero-order valence-corrected chi connectivity index (χ0v) is 16.2. The molecular weight excluding hydrogens is 378 g/mol. The Kier molecular flexibility index (Phi) is 6.17. The second-order valence-corrected chi connectivity index (χ2v) is 7.95. The third-order valence-electron chi connectivity index (χ3n) is 4.21. The molecular formula is C19H21N5O3S. The van der Waals surface area contributed by atoms with Crippen molar-refractivity contribution in [1.29, 1.82) is 0 Å². The number of hydrogen-bond donors (Lipinski definition) is 2. The van der Waals surface area contributed by atoms with Gasteiger partial charge >= 0.3 is 0 Å². The van der Waals surface area contributed by atoms with Gasteiger partial charge in [0, 0.05) is 37.1 Å². The molecule has 8 nitrogen and oxygen atoms in total. The summed E-state index contributed by atoms with van der Waals surface area (Å²) in [5, 5.41) is 7.07. The number of pyridine rings is 1. The highest BCUT2D eigenvalue weighted by Gasteiger charge is 2.11. The number of aromatic nitrogens is 3. The lowest BCUT2D eigenvalue weighted by molar-refractivity contribution is -0.121. The van der Waals surface area contributed by atoms with Gasteiger partial charge in [-0.2, -0.15) is 5.10 Å². The number of carbonyl (C=O) groups excluding carboxylic acids is 1. The van der Waals surface area contributed by atoms with E-state index in [1.54, 1.807) is 35.4 Å². The SMILES string of the molecule is CNS(=O)(=O)c1ccc(CCC(=O)NCc2cccnc2-n2cccn2)cc1. The molecule has 1 amide bonds. The number of nitrogens with one attached hydrogen (secondary N) is 2. The van der Waals surface area contributed by atoms with Crippen molar-refractivity contribution in [3.05, 3.63) is 72.2 Å². The van der Waals surface area contributed by atoms with Crippen LogP contribution in [0.25, 0.3) is 5.82 Å². The Morgan fingerprint density at radius 3 is 2.57 bits per heavy atom. The van der Waals surface area contributed by atoms with Gasteiger partial charge in [-0.3, -0.25) is 4.79 Å². The van der Waals surface area contributed by atoms with Gasteiger partial charge in [0.2, 0.25) is 15.9 Å².